The van der Waals surface area contributed by atoms with E-state index < -0.39 is 11.2 Å². The molecule has 0 N–H and O–H groups in total. The van der Waals surface area contributed by atoms with Gasteiger partial charge in [0, 0.05) is 19.6 Å². The number of rotatable bonds is 23. The zero-order valence-electron chi connectivity index (χ0n) is 35.8. The smallest absolute Gasteiger partial charge is 0.343 e. The average molecular weight is 810 g/mol. The summed E-state index contributed by atoms with van der Waals surface area (Å²) in [6.07, 6.45) is 5.34. The minimum Gasteiger partial charge on any atom is -0.488 e. The van der Waals surface area contributed by atoms with Crippen molar-refractivity contribution in [2.24, 2.45) is 0 Å². The van der Waals surface area contributed by atoms with Crippen molar-refractivity contribution in [3.63, 3.8) is 0 Å². The first-order valence-electron chi connectivity index (χ1n) is 21.1. The molecule has 0 aromatic heterocycles. The Morgan fingerprint density at radius 3 is 1.86 bits per heavy atom. The van der Waals surface area contributed by atoms with E-state index in [1.54, 1.807) is 0 Å². The fraction of sp³-hybridized carbons (Fsp3) is 0.652. The molecule has 5 rings (SSSR count). The van der Waals surface area contributed by atoms with E-state index in [0.29, 0.717) is 90.2 Å². The molecular formula is C46H67NO11. The molecule has 2 aromatic rings. The lowest BCUT2D eigenvalue weighted by molar-refractivity contribution is -0.160. The molecule has 12 heteroatoms. The molecule has 322 valence electrons. The predicted molar refractivity (Wildman–Crippen MR) is 220 cm³/mol. The third-order valence-electron chi connectivity index (χ3n) is 10.6. The molecule has 0 unspecified atom stereocenters. The molecule has 1 saturated heterocycles. The van der Waals surface area contributed by atoms with E-state index in [4.69, 9.17) is 42.6 Å². The summed E-state index contributed by atoms with van der Waals surface area (Å²) in [5, 5.41) is 0. The first-order valence-corrected chi connectivity index (χ1v) is 21.1. The van der Waals surface area contributed by atoms with Gasteiger partial charge in [0.15, 0.2) is 11.4 Å². The molecule has 2 aliphatic heterocycles. The molecule has 0 atom stereocenters. The summed E-state index contributed by atoms with van der Waals surface area (Å²) < 4.78 is 52.5. The Morgan fingerprint density at radius 1 is 0.759 bits per heavy atom. The SMILES string of the molecule is Cc1cc(C)c(C2=C(OCc3ccccc3)[C@]3(CC[C@H](OC4CCN(CCOCCOCCOCCOCCOCC(=O)OC(C)(C)C)CC4)CC3)OC2=O)c(C)c1. The maximum atomic E-state index is 13.7. The standard InChI is InChI=1S/C46H67NO11/c1-34-30-35(2)41(36(3)31-34)42-43(55-32-37-10-8-7-9-11-37)46(58-44(42)49)16-12-38(13-17-46)56-39-14-18-47(19-15-39)20-21-50-22-23-51-24-25-52-26-27-53-28-29-54-33-40(48)57-45(4,5)6/h7-11,30-31,38-39H,12-29,32-33H2,1-6H3/t38-,46+. The van der Waals surface area contributed by atoms with Gasteiger partial charge in [-0.3, -0.25) is 0 Å². The fourth-order valence-corrected chi connectivity index (χ4v) is 7.98. The number of ether oxygens (including phenoxy) is 9. The van der Waals surface area contributed by atoms with Crippen LogP contribution in [-0.4, -0.2) is 126 Å². The lowest BCUT2D eigenvalue weighted by atomic mass is 9.80. The van der Waals surface area contributed by atoms with E-state index in [1.807, 2.05) is 51.1 Å². The van der Waals surface area contributed by atoms with Gasteiger partial charge in [-0.1, -0.05) is 48.0 Å². The van der Waals surface area contributed by atoms with Crippen LogP contribution in [-0.2, 0) is 58.8 Å². The summed E-state index contributed by atoms with van der Waals surface area (Å²) in [4.78, 5) is 27.8. The third-order valence-corrected chi connectivity index (χ3v) is 10.6. The highest BCUT2D eigenvalue weighted by Crippen LogP contribution is 2.49. The molecule has 3 aliphatic rings. The molecule has 2 fully saturated rings. The number of piperidine rings is 1. The Kier molecular flexibility index (Phi) is 18.0. The minimum atomic E-state index is -0.771. The molecule has 0 radical (unpaired) electrons. The van der Waals surface area contributed by atoms with E-state index in [1.165, 1.54) is 5.56 Å². The van der Waals surface area contributed by atoms with Crippen molar-refractivity contribution in [1.82, 2.24) is 4.90 Å². The summed E-state index contributed by atoms with van der Waals surface area (Å²) in [5.41, 5.74) is 4.56. The van der Waals surface area contributed by atoms with Gasteiger partial charge in [0.1, 0.15) is 24.4 Å². The molecule has 2 aromatic carbocycles. The highest BCUT2D eigenvalue weighted by molar-refractivity contribution is 6.20. The molecule has 0 bridgehead atoms. The highest BCUT2D eigenvalue weighted by Gasteiger charge is 2.52. The van der Waals surface area contributed by atoms with Crippen LogP contribution < -0.4 is 0 Å². The van der Waals surface area contributed by atoms with Gasteiger partial charge in [-0.15, -0.1) is 0 Å². The van der Waals surface area contributed by atoms with Crippen LogP contribution in [0.2, 0.25) is 0 Å². The van der Waals surface area contributed by atoms with E-state index in [0.717, 1.165) is 67.6 Å². The van der Waals surface area contributed by atoms with Crippen molar-refractivity contribution in [2.75, 3.05) is 85.7 Å². The van der Waals surface area contributed by atoms with Crippen molar-refractivity contribution < 1.29 is 52.2 Å². The van der Waals surface area contributed by atoms with Crippen molar-refractivity contribution in [3.8, 4) is 0 Å². The number of hydrogen-bond acceptors (Lipinski definition) is 12. The maximum absolute atomic E-state index is 13.7. The zero-order valence-corrected chi connectivity index (χ0v) is 35.8. The summed E-state index contributed by atoms with van der Waals surface area (Å²) in [7, 11) is 0. The maximum Gasteiger partial charge on any atom is 0.343 e. The van der Waals surface area contributed by atoms with Gasteiger partial charge in [-0.25, -0.2) is 9.59 Å². The second-order valence-corrected chi connectivity index (χ2v) is 16.6. The molecule has 1 spiro atoms. The summed E-state index contributed by atoms with van der Waals surface area (Å²) in [5.74, 6) is 0.0109. The number of carbonyl (C=O) groups is 2. The monoisotopic (exact) mass is 809 g/mol. The highest BCUT2D eigenvalue weighted by atomic mass is 16.6. The normalized spacial score (nSPS) is 20.5. The van der Waals surface area contributed by atoms with Gasteiger partial charge in [-0.2, -0.15) is 0 Å². The number of nitrogens with zero attached hydrogens (tertiary/aromatic N) is 1. The van der Waals surface area contributed by atoms with Crippen LogP contribution in [0.25, 0.3) is 5.57 Å². The van der Waals surface area contributed by atoms with Gasteiger partial charge in [0.2, 0.25) is 0 Å². The lowest BCUT2D eigenvalue weighted by Crippen LogP contribution is -2.43. The van der Waals surface area contributed by atoms with Crippen molar-refractivity contribution in [1.29, 1.82) is 0 Å². The largest absolute Gasteiger partial charge is 0.488 e. The lowest BCUT2D eigenvalue weighted by Gasteiger charge is -2.39. The Labute approximate surface area is 345 Å². The molecule has 12 nitrogen and oxygen atoms in total. The Balaban J connectivity index is 0.921. The average Bonchev–Trinajstić information content (AvgIpc) is 3.43. The predicted octanol–water partition coefficient (Wildman–Crippen LogP) is 6.68. The first-order chi connectivity index (χ1) is 27.9. The van der Waals surface area contributed by atoms with Gasteiger partial charge >= 0.3 is 11.9 Å². The minimum absolute atomic E-state index is 0.0822. The summed E-state index contributed by atoms with van der Waals surface area (Å²) in [6.45, 7) is 19.2. The number of aryl methyl sites for hydroxylation is 3. The molecular weight excluding hydrogens is 743 g/mol. The molecule has 1 saturated carbocycles. The number of hydrogen-bond donors (Lipinski definition) is 0. The van der Waals surface area contributed by atoms with E-state index >= 15 is 0 Å². The second kappa shape index (κ2) is 22.9. The zero-order chi connectivity index (χ0) is 41.4. The number of benzene rings is 2. The van der Waals surface area contributed by atoms with Crippen LogP contribution in [0.4, 0.5) is 0 Å². The van der Waals surface area contributed by atoms with Crippen molar-refractivity contribution >= 4 is 17.5 Å². The van der Waals surface area contributed by atoms with Gasteiger partial charge in [-0.05, 0) is 102 Å². The summed E-state index contributed by atoms with van der Waals surface area (Å²) >= 11 is 0. The van der Waals surface area contributed by atoms with E-state index in [2.05, 4.69) is 37.8 Å². The van der Waals surface area contributed by atoms with E-state index in [9.17, 15) is 9.59 Å². The van der Waals surface area contributed by atoms with Crippen LogP contribution in [0, 0.1) is 20.8 Å². The quantitative estimate of drug-likeness (QED) is 0.0880. The van der Waals surface area contributed by atoms with Crippen LogP contribution in [0.1, 0.15) is 87.1 Å². The van der Waals surface area contributed by atoms with Crippen LogP contribution in [0.5, 0.6) is 0 Å². The summed E-state index contributed by atoms with van der Waals surface area (Å²) in [6, 6.07) is 14.4. The van der Waals surface area contributed by atoms with Crippen molar-refractivity contribution in [2.45, 2.75) is 110 Å². The van der Waals surface area contributed by atoms with Crippen LogP contribution in [0.15, 0.2) is 48.2 Å². The second-order valence-electron chi connectivity index (χ2n) is 16.6. The van der Waals surface area contributed by atoms with Crippen LogP contribution >= 0.6 is 0 Å². The fourth-order valence-electron chi connectivity index (χ4n) is 7.98. The Bertz CT molecular complexity index is 1580. The number of likely N-dealkylation sites (tertiary alicyclic amines) is 1. The molecule has 2 heterocycles. The van der Waals surface area contributed by atoms with E-state index in [-0.39, 0.29) is 30.8 Å². The number of esters is 2. The Hall–Kier alpha value is -3.36. The van der Waals surface area contributed by atoms with Gasteiger partial charge in [0.25, 0.3) is 0 Å². The molecule has 1 aliphatic carbocycles. The third kappa shape index (κ3) is 14.4. The van der Waals surface area contributed by atoms with Crippen LogP contribution in [0.3, 0.4) is 0 Å². The molecule has 58 heavy (non-hydrogen) atoms. The first kappa shape index (κ1) is 45.7. The topological polar surface area (TPSA) is 120 Å². The molecule has 0 amide bonds. The van der Waals surface area contributed by atoms with Gasteiger partial charge < -0.3 is 47.5 Å². The Morgan fingerprint density at radius 2 is 1.29 bits per heavy atom. The van der Waals surface area contributed by atoms with Crippen molar-refractivity contribution in [3.05, 3.63) is 76.0 Å². The number of carbonyl (C=O) groups excluding carboxylic acids is 2. The van der Waals surface area contributed by atoms with Gasteiger partial charge in [0.05, 0.1) is 71.7 Å².